The molecule has 0 atom stereocenters. The van der Waals surface area contributed by atoms with Gasteiger partial charge in [0.05, 0.1) is 36.4 Å². The molecule has 5 saturated carbocycles. The molecule has 602 valence electrons. The number of halogens is 8. The Labute approximate surface area is 648 Å². The summed E-state index contributed by atoms with van der Waals surface area (Å²) in [5.41, 5.74) is 11.1. The number of nitro groups is 1. The van der Waals surface area contributed by atoms with Crippen molar-refractivity contribution in [1.82, 2.24) is 35.3 Å². The summed E-state index contributed by atoms with van der Waals surface area (Å²) in [4.78, 5) is 76.4. The minimum atomic E-state index is -2.48. The minimum absolute atomic E-state index is 0.00152. The van der Waals surface area contributed by atoms with Crippen LogP contribution in [0.3, 0.4) is 0 Å². The number of ketones is 4. The molecule has 5 aliphatic carbocycles. The van der Waals surface area contributed by atoms with E-state index in [-0.39, 0.29) is 96.1 Å². The normalized spacial score (nSPS) is 23.7. The van der Waals surface area contributed by atoms with Crippen LogP contribution in [0.2, 0.25) is 0 Å². The number of rotatable bonds is 12. The molecule has 12 aliphatic rings. The molecule has 7 saturated heterocycles. The number of Topliss-reactive ketones (excluding diaryl/α,β-unsaturated/α-hetero) is 4. The molecule has 0 radical (unpaired) electrons. The Balaban J connectivity index is 0.000000130. The van der Waals surface area contributed by atoms with Crippen LogP contribution in [0.1, 0.15) is 185 Å². The lowest BCUT2D eigenvalue weighted by atomic mass is 9.61. The van der Waals surface area contributed by atoms with Crippen molar-refractivity contribution in [3.05, 3.63) is 179 Å². The lowest BCUT2D eigenvalue weighted by Gasteiger charge is -2.52. The summed E-state index contributed by atoms with van der Waals surface area (Å²) < 4.78 is 103. The molecule has 111 heavy (non-hydrogen) atoms. The maximum Gasteiger partial charge on any atom is 0.287 e. The zero-order valence-corrected chi connectivity index (χ0v) is 64.2. The molecule has 25 heteroatoms. The Morgan fingerprint density at radius 1 is 0.414 bits per heavy atom. The first kappa shape index (κ1) is 84.1. The summed E-state index contributed by atoms with van der Waals surface area (Å²) in [7, 11) is 0. The number of anilines is 3. The molecular formula is C86H111F8N11O6. The topological polar surface area (TPSA) is 203 Å². The standard InChI is InChI=1S/C16H19F2NO.C16H19NO2.C14H17NO.C13H15F2N3O2.C13H17F2N3.C8H13F2N.C6H11N/c17-16(18)11-15(12-16)6-8-19(9-7-15)10-14(20)13-4-2-1-3-5-13;18-14-10-16(11-14)6-8-17(9-7-16)12-15(19)13-4-2-1-3-5-13;1-12-7-9-15(10-8-12)11-14(16)13-5-3-2-4-6-13;14-13(15)8-12(9-13)3-5-17(6-4-12)11-2-1-10(7-16-11)18(19)20;14-13(15)8-12(9-13)3-5-18(6-4-12)11-2-1-10(16)7-17-11;9-8(10)5-7(6-8)1-3-11-4-2-7;1-6-2-4-7-5-3-6/h1-5H,6-12H2;1-5H,6-12H2;2-6H,1,7-11H2;1-2,7H,3-6,8-9H2;1-2,7H,3-6,8-9,16H2;11H,1-6H2;7H,1-5H2. The highest BCUT2D eigenvalue weighted by molar-refractivity contribution is 5.98. The van der Waals surface area contributed by atoms with Gasteiger partial charge in [-0.3, -0.25) is 44.0 Å². The number of carbonyl (C=O) groups is 4. The number of nitrogen functional groups attached to an aromatic ring is 1. The van der Waals surface area contributed by atoms with Gasteiger partial charge in [0.15, 0.2) is 17.3 Å². The first-order chi connectivity index (χ1) is 52.8. The average Bonchev–Trinajstić information content (AvgIpc) is 0.735. The summed E-state index contributed by atoms with van der Waals surface area (Å²) in [5.74, 6) is -7.17. The van der Waals surface area contributed by atoms with E-state index >= 15 is 0 Å². The molecule has 5 spiro atoms. The summed E-state index contributed by atoms with van der Waals surface area (Å²) in [5, 5.41) is 17.0. The number of likely N-dealkylation sites (tertiary alicyclic amines) is 3. The number of pyridine rings is 2. The van der Waals surface area contributed by atoms with Gasteiger partial charge >= 0.3 is 0 Å². The fraction of sp³-hybridized carbons (Fsp3) is 0.581. The third kappa shape index (κ3) is 24.1. The van der Waals surface area contributed by atoms with Crippen LogP contribution in [0.4, 0.5) is 58.1 Å². The Hall–Kier alpha value is -7.84. The Bertz CT molecular complexity index is 3860. The van der Waals surface area contributed by atoms with E-state index in [4.69, 9.17) is 5.73 Å². The second kappa shape index (κ2) is 36.5. The maximum absolute atomic E-state index is 13.0. The zero-order valence-electron chi connectivity index (χ0n) is 64.2. The van der Waals surface area contributed by atoms with E-state index in [2.05, 4.69) is 53.4 Å². The molecule has 5 aromatic rings. The van der Waals surface area contributed by atoms with E-state index in [9.17, 15) is 64.4 Å². The van der Waals surface area contributed by atoms with Crippen molar-refractivity contribution in [2.45, 2.75) is 178 Å². The van der Waals surface area contributed by atoms with Crippen LogP contribution in [0.5, 0.6) is 0 Å². The maximum atomic E-state index is 13.0. The van der Waals surface area contributed by atoms with E-state index in [1.54, 1.807) is 12.3 Å². The number of piperidine rings is 7. The van der Waals surface area contributed by atoms with Crippen LogP contribution < -0.4 is 26.2 Å². The quantitative estimate of drug-likeness (QED) is 0.0349. The van der Waals surface area contributed by atoms with E-state index in [0.717, 1.165) is 191 Å². The summed E-state index contributed by atoms with van der Waals surface area (Å²) in [6.45, 7) is 21.8. The molecule has 4 N–H and O–H groups in total. The van der Waals surface area contributed by atoms with Gasteiger partial charge in [0.25, 0.3) is 5.69 Å². The van der Waals surface area contributed by atoms with Crippen LogP contribution >= 0.6 is 0 Å². The van der Waals surface area contributed by atoms with Gasteiger partial charge in [-0.1, -0.05) is 115 Å². The van der Waals surface area contributed by atoms with Gasteiger partial charge in [-0.2, -0.15) is 0 Å². The highest BCUT2D eigenvalue weighted by atomic mass is 19.3. The van der Waals surface area contributed by atoms with Gasteiger partial charge in [-0.15, -0.1) is 0 Å². The number of nitrogens with one attached hydrogen (secondary N) is 2. The smallest absolute Gasteiger partial charge is 0.287 e. The number of aromatic nitrogens is 2. The van der Waals surface area contributed by atoms with E-state index in [1.807, 2.05) is 108 Å². The third-order valence-electron chi connectivity index (χ3n) is 25.0. The van der Waals surface area contributed by atoms with Crippen LogP contribution in [-0.2, 0) is 4.79 Å². The number of nitrogens with zero attached hydrogens (tertiary/aromatic N) is 8. The van der Waals surface area contributed by atoms with Crippen molar-refractivity contribution < 1.29 is 59.2 Å². The van der Waals surface area contributed by atoms with Crippen molar-refractivity contribution in [3.8, 4) is 0 Å². The van der Waals surface area contributed by atoms with Gasteiger partial charge in [0.2, 0.25) is 23.7 Å². The van der Waals surface area contributed by atoms with Crippen molar-refractivity contribution in [2.24, 2.45) is 27.1 Å². The first-order valence-electron chi connectivity index (χ1n) is 39.8. The van der Waals surface area contributed by atoms with Crippen LogP contribution in [0.25, 0.3) is 0 Å². The highest BCUT2D eigenvalue weighted by Gasteiger charge is 2.60. The molecule has 7 aliphatic heterocycles. The predicted molar refractivity (Wildman–Crippen MR) is 417 cm³/mol. The van der Waals surface area contributed by atoms with E-state index < -0.39 is 28.6 Å². The molecule has 2 aromatic heterocycles. The second-order valence-electron chi connectivity index (χ2n) is 34.0. The van der Waals surface area contributed by atoms with E-state index in [1.165, 1.54) is 36.3 Å². The lowest BCUT2D eigenvalue weighted by Crippen LogP contribution is -2.52. The second-order valence-corrected chi connectivity index (χ2v) is 34.0. The Kier molecular flexibility index (Phi) is 27.7. The fourth-order valence-electron chi connectivity index (χ4n) is 18.3. The SMILES string of the molecule is C=C1CCN(CC(=O)c2ccccc2)CC1.C=C1CCNCC1.FC1(F)CC2(CCNCC2)C1.Nc1ccc(N2CCC3(CC2)CC(F)(F)C3)nc1.O=C(CN1CCC2(CC1)CC(F)(F)C2)c1ccccc1.O=C1CC2(CCN(CC(=O)c3ccccc3)CC2)C1.O=[N+]([O-])c1ccc(N2CCC3(CC2)CC(F)(F)C3)nc1. The summed E-state index contributed by atoms with van der Waals surface area (Å²) in [6, 6.07) is 35.0. The molecule has 0 unspecified atom stereocenters. The number of hydrogen-bond acceptors (Lipinski definition) is 16. The number of carbonyl (C=O) groups excluding carboxylic acids is 4. The van der Waals surface area contributed by atoms with Gasteiger partial charge < -0.3 is 26.2 Å². The van der Waals surface area contributed by atoms with Gasteiger partial charge in [0, 0.05) is 126 Å². The largest absolute Gasteiger partial charge is 0.397 e. The lowest BCUT2D eigenvalue weighted by molar-refractivity contribution is -0.385. The third-order valence-corrected chi connectivity index (χ3v) is 25.0. The Morgan fingerprint density at radius 3 is 1.04 bits per heavy atom. The number of benzene rings is 3. The fourth-order valence-corrected chi connectivity index (χ4v) is 18.3. The van der Waals surface area contributed by atoms with Gasteiger partial charge in [0.1, 0.15) is 23.6 Å². The first-order valence-corrected chi connectivity index (χ1v) is 39.8. The monoisotopic (exact) mass is 1550 g/mol. The van der Waals surface area contributed by atoms with Crippen LogP contribution in [0, 0.1) is 37.2 Å². The highest BCUT2D eigenvalue weighted by Crippen LogP contribution is 2.60. The zero-order chi connectivity index (χ0) is 79.1. The molecular weight excluding hydrogens is 1440 g/mol. The summed E-state index contributed by atoms with van der Waals surface area (Å²) >= 11 is 0. The molecule has 0 amide bonds. The molecule has 3 aromatic carbocycles. The molecule has 0 bridgehead atoms. The van der Waals surface area contributed by atoms with Crippen molar-refractivity contribution in [1.29, 1.82) is 0 Å². The minimum Gasteiger partial charge on any atom is -0.397 e. The molecule has 17 nitrogen and oxygen atoms in total. The number of hydrogen-bond donors (Lipinski definition) is 3. The van der Waals surface area contributed by atoms with Gasteiger partial charge in [-0.05, 0) is 188 Å². The average molecular weight is 1550 g/mol. The van der Waals surface area contributed by atoms with Crippen molar-refractivity contribution in [3.63, 3.8) is 0 Å². The molecule has 17 rings (SSSR count). The number of nitrogens with two attached hydrogens (primary N) is 1. The van der Waals surface area contributed by atoms with Crippen molar-refractivity contribution >= 4 is 46.1 Å². The van der Waals surface area contributed by atoms with Gasteiger partial charge in [-0.25, -0.2) is 45.1 Å². The van der Waals surface area contributed by atoms with E-state index in [0.29, 0.717) is 55.4 Å². The predicted octanol–water partition coefficient (Wildman–Crippen LogP) is 16.6. The van der Waals surface area contributed by atoms with Crippen molar-refractivity contribution in [2.75, 3.05) is 127 Å². The van der Waals surface area contributed by atoms with Crippen LogP contribution in [-0.4, -0.2) is 188 Å². The van der Waals surface area contributed by atoms with Crippen LogP contribution in [0.15, 0.2) is 152 Å². The molecule has 12 fully saturated rings. The number of alkyl halides is 8. The molecule has 9 heterocycles. The Morgan fingerprint density at radius 2 is 0.730 bits per heavy atom. The summed E-state index contributed by atoms with van der Waals surface area (Å²) in [6.07, 6.45) is 18.1.